The van der Waals surface area contributed by atoms with Gasteiger partial charge in [0.2, 0.25) is 0 Å². The van der Waals surface area contributed by atoms with E-state index in [1.54, 1.807) is 0 Å². The van der Waals surface area contributed by atoms with E-state index in [9.17, 15) is 0 Å². The van der Waals surface area contributed by atoms with Crippen molar-refractivity contribution >= 4 is 0 Å². The summed E-state index contributed by atoms with van der Waals surface area (Å²) in [5, 5.41) is 17.8. The van der Waals surface area contributed by atoms with Crippen LogP contribution in [0, 0.1) is 11.8 Å². The van der Waals surface area contributed by atoms with Crippen molar-refractivity contribution in [2.24, 2.45) is 11.8 Å². The molecule has 0 radical (unpaired) electrons. The van der Waals surface area contributed by atoms with E-state index in [2.05, 4.69) is 27.7 Å². The molecule has 20 heavy (non-hydrogen) atoms. The normalized spacial score (nSPS) is 14.1. The number of hydrogen-bond acceptors (Lipinski definition) is 2. The Morgan fingerprint density at radius 1 is 0.500 bits per heavy atom. The van der Waals surface area contributed by atoms with Gasteiger partial charge in [-0.15, -0.1) is 0 Å². The van der Waals surface area contributed by atoms with Crippen molar-refractivity contribution in [3.63, 3.8) is 0 Å². The summed E-state index contributed by atoms with van der Waals surface area (Å²) in [5.41, 5.74) is 0. The zero-order valence-corrected chi connectivity index (χ0v) is 14.9. The lowest BCUT2D eigenvalue weighted by Gasteiger charge is -2.05. The first kappa shape index (κ1) is 22.2. The molecule has 0 rings (SSSR count). The van der Waals surface area contributed by atoms with Crippen LogP contribution in [0.1, 0.15) is 92.9 Å². The van der Waals surface area contributed by atoms with Crippen LogP contribution in [0.2, 0.25) is 0 Å². The molecule has 0 heterocycles. The first-order chi connectivity index (χ1) is 9.25. The lowest BCUT2D eigenvalue weighted by molar-refractivity contribution is 0.179. The number of rotatable bonds is 10. The summed E-state index contributed by atoms with van der Waals surface area (Å²) in [5.74, 6) is 1.63. The van der Waals surface area contributed by atoms with E-state index >= 15 is 0 Å². The second kappa shape index (κ2) is 15.3. The van der Waals surface area contributed by atoms with Crippen molar-refractivity contribution in [2.75, 3.05) is 0 Å². The minimum atomic E-state index is -0.104. The van der Waals surface area contributed by atoms with Gasteiger partial charge in [-0.05, 0) is 38.5 Å². The standard InChI is InChI=1S/2C9H20O/c2*1-8(2)6-4-5-7-9(3)10/h2*8-10H,4-7H2,1-3H3. The monoisotopic (exact) mass is 288 g/mol. The maximum Gasteiger partial charge on any atom is 0.0512 e. The Morgan fingerprint density at radius 2 is 0.750 bits per heavy atom. The average Bonchev–Trinajstić information content (AvgIpc) is 2.30. The van der Waals surface area contributed by atoms with E-state index < -0.39 is 0 Å². The molecule has 2 nitrogen and oxygen atoms in total. The third-order valence-corrected chi connectivity index (χ3v) is 3.31. The third kappa shape index (κ3) is 26.5. The van der Waals surface area contributed by atoms with Crippen molar-refractivity contribution in [3.05, 3.63) is 0 Å². The lowest BCUT2D eigenvalue weighted by atomic mass is 10.0. The van der Waals surface area contributed by atoms with E-state index in [4.69, 9.17) is 10.2 Å². The van der Waals surface area contributed by atoms with Gasteiger partial charge in [-0.2, -0.15) is 0 Å². The topological polar surface area (TPSA) is 40.5 Å². The van der Waals surface area contributed by atoms with Crippen LogP contribution in [0.15, 0.2) is 0 Å². The van der Waals surface area contributed by atoms with Gasteiger partial charge in [0, 0.05) is 0 Å². The number of hydrogen-bond donors (Lipinski definition) is 2. The summed E-state index contributed by atoms with van der Waals surface area (Å²) in [7, 11) is 0. The molecule has 2 unspecified atom stereocenters. The fourth-order valence-corrected chi connectivity index (χ4v) is 1.98. The van der Waals surface area contributed by atoms with Crippen molar-refractivity contribution in [2.45, 2.75) is 105 Å². The highest BCUT2D eigenvalue weighted by Gasteiger charge is 1.97. The molecule has 0 bridgehead atoms. The van der Waals surface area contributed by atoms with E-state index in [-0.39, 0.29) is 12.2 Å². The van der Waals surface area contributed by atoms with Crippen LogP contribution in [0.25, 0.3) is 0 Å². The minimum absolute atomic E-state index is 0.104. The summed E-state index contributed by atoms with van der Waals surface area (Å²) in [6.07, 6.45) is 9.20. The van der Waals surface area contributed by atoms with Gasteiger partial charge >= 0.3 is 0 Å². The zero-order chi connectivity index (χ0) is 16.0. The van der Waals surface area contributed by atoms with Gasteiger partial charge in [-0.3, -0.25) is 0 Å². The molecule has 2 heteroatoms. The Morgan fingerprint density at radius 3 is 0.950 bits per heavy atom. The van der Waals surface area contributed by atoms with Crippen molar-refractivity contribution in [3.8, 4) is 0 Å². The van der Waals surface area contributed by atoms with Crippen LogP contribution < -0.4 is 0 Å². The minimum Gasteiger partial charge on any atom is -0.393 e. The van der Waals surface area contributed by atoms with Gasteiger partial charge in [0.25, 0.3) is 0 Å². The van der Waals surface area contributed by atoms with Crippen LogP contribution in [-0.2, 0) is 0 Å². The molecule has 0 aromatic rings. The SMILES string of the molecule is CC(C)CCCCC(C)O.CC(C)CCCCC(C)O. The predicted molar refractivity (Wildman–Crippen MR) is 90.0 cm³/mol. The fraction of sp³-hybridized carbons (Fsp3) is 1.00. The van der Waals surface area contributed by atoms with Crippen LogP contribution in [0.4, 0.5) is 0 Å². The average molecular weight is 289 g/mol. The number of aliphatic hydroxyl groups excluding tert-OH is 2. The Balaban J connectivity index is 0. The van der Waals surface area contributed by atoms with E-state index in [0.717, 1.165) is 24.7 Å². The van der Waals surface area contributed by atoms with Gasteiger partial charge in [0.15, 0.2) is 0 Å². The molecule has 0 aromatic carbocycles. The van der Waals surface area contributed by atoms with Crippen LogP contribution in [0.5, 0.6) is 0 Å². The maximum absolute atomic E-state index is 8.92. The van der Waals surface area contributed by atoms with Crippen molar-refractivity contribution in [1.29, 1.82) is 0 Å². The van der Waals surface area contributed by atoms with Gasteiger partial charge in [-0.25, -0.2) is 0 Å². The number of unbranched alkanes of at least 4 members (excludes halogenated alkanes) is 2. The highest BCUT2D eigenvalue weighted by atomic mass is 16.3. The van der Waals surface area contributed by atoms with Gasteiger partial charge < -0.3 is 10.2 Å². The first-order valence-corrected chi connectivity index (χ1v) is 8.61. The largest absolute Gasteiger partial charge is 0.393 e. The summed E-state index contributed by atoms with van der Waals surface area (Å²) in [6.45, 7) is 12.7. The molecule has 0 spiro atoms. The van der Waals surface area contributed by atoms with Crippen LogP contribution in [-0.4, -0.2) is 22.4 Å². The summed E-state index contributed by atoms with van der Waals surface area (Å²) in [6, 6.07) is 0. The Hall–Kier alpha value is -0.0800. The van der Waals surface area contributed by atoms with Gasteiger partial charge in [0.1, 0.15) is 0 Å². The molecule has 0 fully saturated rings. The van der Waals surface area contributed by atoms with Crippen molar-refractivity contribution in [1.82, 2.24) is 0 Å². The molecule has 0 saturated heterocycles. The quantitative estimate of drug-likeness (QED) is 0.545. The van der Waals surface area contributed by atoms with Crippen LogP contribution in [0.3, 0.4) is 0 Å². The summed E-state index contributed by atoms with van der Waals surface area (Å²) < 4.78 is 0. The summed E-state index contributed by atoms with van der Waals surface area (Å²) in [4.78, 5) is 0. The second-order valence-corrected chi connectivity index (χ2v) is 7.05. The molecular formula is C18H40O2. The second-order valence-electron chi connectivity index (χ2n) is 7.05. The van der Waals surface area contributed by atoms with E-state index in [1.807, 2.05) is 13.8 Å². The summed E-state index contributed by atoms with van der Waals surface area (Å²) >= 11 is 0. The Labute approximate surface area is 128 Å². The highest BCUT2D eigenvalue weighted by Crippen LogP contribution is 2.09. The number of aliphatic hydroxyl groups is 2. The van der Waals surface area contributed by atoms with E-state index in [1.165, 1.54) is 38.5 Å². The molecule has 0 aromatic heterocycles. The molecule has 0 aliphatic rings. The molecule has 0 aliphatic carbocycles. The van der Waals surface area contributed by atoms with E-state index in [0.29, 0.717) is 0 Å². The fourth-order valence-electron chi connectivity index (χ4n) is 1.98. The smallest absolute Gasteiger partial charge is 0.0512 e. The lowest BCUT2D eigenvalue weighted by Crippen LogP contribution is -1.98. The van der Waals surface area contributed by atoms with Crippen molar-refractivity contribution < 1.29 is 10.2 Å². The molecule has 2 atom stereocenters. The molecule has 0 amide bonds. The maximum atomic E-state index is 8.92. The molecule has 0 saturated carbocycles. The Bertz CT molecular complexity index is 134. The van der Waals surface area contributed by atoms with Gasteiger partial charge in [-0.1, -0.05) is 66.2 Å². The molecule has 0 aliphatic heterocycles. The van der Waals surface area contributed by atoms with Gasteiger partial charge in [0.05, 0.1) is 12.2 Å². The molecule has 2 N–H and O–H groups in total. The highest BCUT2D eigenvalue weighted by molar-refractivity contribution is 4.51. The Kier molecular flexibility index (Phi) is 17.0. The third-order valence-electron chi connectivity index (χ3n) is 3.31. The van der Waals surface area contributed by atoms with Crippen LogP contribution >= 0.6 is 0 Å². The molecule has 124 valence electrons. The molecular weight excluding hydrogens is 248 g/mol. The first-order valence-electron chi connectivity index (χ1n) is 8.61. The predicted octanol–water partition coefficient (Wildman–Crippen LogP) is 5.17. The zero-order valence-electron chi connectivity index (χ0n) is 14.9.